The molecule has 1 unspecified atom stereocenters. The van der Waals surface area contributed by atoms with Crippen molar-refractivity contribution in [2.45, 2.75) is 12.5 Å². The Morgan fingerprint density at radius 3 is 2.67 bits per heavy atom. The van der Waals surface area contributed by atoms with Crippen molar-refractivity contribution in [3.05, 3.63) is 53.8 Å². The van der Waals surface area contributed by atoms with E-state index in [1.54, 1.807) is 18.2 Å². The largest absolute Gasteiger partial charge is 0.387 e. The molecule has 18 heavy (non-hydrogen) atoms. The lowest BCUT2D eigenvalue weighted by atomic mass is 10.1. The van der Waals surface area contributed by atoms with Gasteiger partial charge in [0.05, 0.1) is 6.10 Å². The summed E-state index contributed by atoms with van der Waals surface area (Å²) in [7, 11) is 0. The fourth-order valence-electron chi connectivity index (χ4n) is 1.54. The maximum Gasteiger partial charge on any atom is 0.126 e. The normalized spacial score (nSPS) is 12.7. The highest BCUT2D eigenvalue weighted by atomic mass is 79.9. The van der Waals surface area contributed by atoms with E-state index in [-0.39, 0.29) is 12.2 Å². The van der Waals surface area contributed by atoms with Gasteiger partial charge in [0.2, 0.25) is 0 Å². The van der Waals surface area contributed by atoms with Gasteiger partial charge in [-0.15, -0.1) is 11.3 Å². The second kappa shape index (κ2) is 6.01. The molecule has 0 aliphatic rings. The minimum atomic E-state index is -0.761. The molecule has 1 aromatic heterocycles. The van der Waals surface area contributed by atoms with Crippen LogP contribution in [-0.4, -0.2) is 5.11 Å². The van der Waals surface area contributed by atoms with Gasteiger partial charge in [-0.1, -0.05) is 27.5 Å². The van der Waals surface area contributed by atoms with Gasteiger partial charge in [-0.2, -0.15) is 0 Å². The summed E-state index contributed by atoms with van der Waals surface area (Å²) in [6, 6.07) is 6.43. The third-order valence-corrected chi connectivity index (χ3v) is 5.48. The molecule has 0 saturated carbocycles. The lowest BCUT2D eigenvalue weighted by Gasteiger charge is -2.09. The fraction of sp³-hybridized carbons (Fsp3) is 0.167. The molecule has 1 atom stereocenters. The summed E-state index contributed by atoms with van der Waals surface area (Å²) in [6.45, 7) is 0. The third-order valence-electron chi connectivity index (χ3n) is 2.41. The minimum Gasteiger partial charge on any atom is -0.387 e. The van der Waals surface area contributed by atoms with E-state index in [4.69, 9.17) is 11.6 Å². The molecule has 1 aromatic carbocycles. The predicted molar refractivity (Wildman–Crippen MR) is 79.8 cm³/mol. The lowest BCUT2D eigenvalue weighted by Crippen LogP contribution is -2.01. The zero-order valence-corrected chi connectivity index (χ0v) is 13.7. The van der Waals surface area contributed by atoms with Gasteiger partial charge in [-0.3, -0.25) is 0 Å². The van der Waals surface area contributed by atoms with Crippen molar-refractivity contribution in [1.29, 1.82) is 0 Å². The van der Waals surface area contributed by atoms with E-state index in [9.17, 15) is 9.50 Å². The van der Waals surface area contributed by atoms with Crippen LogP contribution in [0.3, 0.4) is 0 Å². The molecular weight excluding hydrogens is 406 g/mol. The smallest absolute Gasteiger partial charge is 0.126 e. The Kier molecular flexibility index (Phi) is 4.83. The number of aliphatic hydroxyl groups excluding tert-OH is 1. The van der Waals surface area contributed by atoms with Crippen LogP contribution < -0.4 is 0 Å². The number of benzene rings is 1. The van der Waals surface area contributed by atoms with Crippen molar-refractivity contribution in [3.8, 4) is 0 Å². The zero-order valence-electron chi connectivity index (χ0n) is 8.96. The highest BCUT2D eigenvalue weighted by molar-refractivity contribution is 9.10. The first-order chi connectivity index (χ1) is 8.47. The first kappa shape index (κ1) is 14.5. The molecule has 0 bridgehead atoms. The van der Waals surface area contributed by atoms with Crippen LogP contribution in [-0.2, 0) is 6.42 Å². The Morgan fingerprint density at radius 1 is 1.33 bits per heavy atom. The molecule has 2 rings (SSSR count). The van der Waals surface area contributed by atoms with Crippen LogP contribution in [0.15, 0.2) is 33.2 Å². The van der Waals surface area contributed by atoms with Gasteiger partial charge in [0, 0.05) is 20.2 Å². The monoisotopic (exact) mass is 412 g/mol. The molecule has 0 saturated heterocycles. The number of hydrogen-bond acceptors (Lipinski definition) is 2. The summed E-state index contributed by atoms with van der Waals surface area (Å²) >= 11 is 13.8. The van der Waals surface area contributed by atoms with E-state index < -0.39 is 6.10 Å². The van der Waals surface area contributed by atoms with Crippen LogP contribution in [0, 0.1) is 5.82 Å². The molecule has 1 heterocycles. The van der Waals surface area contributed by atoms with Crippen LogP contribution in [0.1, 0.15) is 16.5 Å². The summed E-state index contributed by atoms with van der Waals surface area (Å²) in [6.07, 6.45) is -0.545. The molecule has 0 fully saturated rings. The summed E-state index contributed by atoms with van der Waals surface area (Å²) < 4.78 is 15.7. The van der Waals surface area contributed by atoms with E-state index in [0.717, 1.165) is 8.95 Å². The van der Waals surface area contributed by atoms with Crippen molar-refractivity contribution in [3.63, 3.8) is 0 Å². The second-order valence-corrected chi connectivity index (χ2v) is 7.18. The average Bonchev–Trinajstić information content (AvgIpc) is 2.64. The van der Waals surface area contributed by atoms with E-state index in [2.05, 4.69) is 31.9 Å². The van der Waals surface area contributed by atoms with Gasteiger partial charge in [-0.25, -0.2) is 4.39 Å². The topological polar surface area (TPSA) is 20.2 Å². The molecule has 0 radical (unpaired) electrons. The second-order valence-electron chi connectivity index (χ2n) is 3.73. The Labute approximate surface area is 130 Å². The maximum atomic E-state index is 13.6. The Morgan fingerprint density at radius 2 is 2.06 bits per heavy atom. The summed E-state index contributed by atoms with van der Waals surface area (Å²) in [5, 5.41) is 10.1. The van der Waals surface area contributed by atoms with E-state index in [0.29, 0.717) is 14.8 Å². The van der Waals surface area contributed by atoms with E-state index in [1.165, 1.54) is 17.4 Å². The molecule has 1 N–H and O–H groups in total. The van der Waals surface area contributed by atoms with Gasteiger partial charge >= 0.3 is 0 Å². The van der Waals surface area contributed by atoms with Gasteiger partial charge < -0.3 is 5.11 Å². The predicted octanol–water partition coefficient (Wildman–Crippen LogP) is 5.34. The molecule has 0 spiro atoms. The molecule has 6 heteroatoms. The molecule has 0 aliphatic carbocycles. The molecule has 0 amide bonds. The fourth-order valence-corrected chi connectivity index (χ4v) is 3.67. The quantitative estimate of drug-likeness (QED) is 0.719. The number of rotatable bonds is 3. The molecular formula is C12H8Br2ClFOS. The van der Waals surface area contributed by atoms with Gasteiger partial charge in [0.25, 0.3) is 0 Å². The van der Waals surface area contributed by atoms with Crippen LogP contribution in [0.5, 0.6) is 0 Å². The van der Waals surface area contributed by atoms with Crippen LogP contribution >= 0.6 is 54.8 Å². The Balaban J connectivity index is 2.20. The molecule has 0 aliphatic heterocycles. The van der Waals surface area contributed by atoms with Crippen LogP contribution in [0.25, 0.3) is 0 Å². The summed E-state index contributed by atoms with van der Waals surface area (Å²) in [5.41, 5.74) is 0.470. The minimum absolute atomic E-state index is 0.217. The SMILES string of the molecule is OC(Cc1cc(Br)ccc1F)c1cc(Br)c(Cl)s1. The molecule has 2 aromatic rings. The Hall–Kier alpha value is 0.0600. The average molecular weight is 415 g/mol. The van der Waals surface area contributed by atoms with Gasteiger partial charge in [0.15, 0.2) is 0 Å². The highest BCUT2D eigenvalue weighted by Gasteiger charge is 2.16. The Bertz CT molecular complexity index is 554. The van der Waals surface area contributed by atoms with Crippen molar-refractivity contribution in [2.24, 2.45) is 0 Å². The van der Waals surface area contributed by atoms with E-state index >= 15 is 0 Å². The number of hydrogen-bond donors (Lipinski definition) is 1. The molecule has 96 valence electrons. The first-order valence-electron chi connectivity index (χ1n) is 5.04. The molecule has 1 nitrogen and oxygen atoms in total. The van der Waals surface area contributed by atoms with Crippen molar-refractivity contribution in [1.82, 2.24) is 0 Å². The number of halogens is 4. The van der Waals surface area contributed by atoms with E-state index in [1.807, 2.05) is 0 Å². The van der Waals surface area contributed by atoms with Gasteiger partial charge in [0.1, 0.15) is 10.2 Å². The van der Waals surface area contributed by atoms with Gasteiger partial charge in [-0.05, 0) is 45.8 Å². The van der Waals surface area contributed by atoms with Crippen LogP contribution in [0.4, 0.5) is 4.39 Å². The number of thiophene rings is 1. The maximum absolute atomic E-state index is 13.6. The summed E-state index contributed by atoms with van der Waals surface area (Å²) in [5.74, 6) is -0.320. The lowest BCUT2D eigenvalue weighted by molar-refractivity contribution is 0.181. The van der Waals surface area contributed by atoms with Crippen molar-refractivity contribution < 1.29 is 9.50 Å². The van der Waals surface area contributed by atoms with Crippen molar-refractivity contribution >= 4 is 54.8 Å². The number of aliphatic hydroxyl groups is 1. The third kappa shape index (κ3) is 3.33. The summed E-state index contributed by atoms with van der Waals surface area (Å²) in [4.78, 5) is 0.714. The van der Waals surface area contributed by atoms with Crippen LogP contribution in [0.2, 0.25) is 4.34 Å². The first-order valence-corrected chi connectivity index (χ1v) is 7.82. The standard InChI is InChI=1S/C12H8Br2ClFOS/c13-7-1-2-9(16)6(3-7)4-10(17)11-5-8(14)12(15)18-11/h1-3,5,10,17H,4H2. The zero-order chi connectivity index (χ0) is 13.3. The van der Waals surface area contributed by atoms with Crippen molar-refractivity contribution in [2.75, 3.05) is 0 Å². The highest BCUT2D eigenvalue weighted by Crippen LogP contribution is 2.36.